The van der Waals surface area contributed by atoms with Gasteiger partial charge in [-0.25, -0.2) is 0 Å². The van der Waals surface area contributed by atoms with Crippen molar-refractivity contribution in [3.63, 3.8) is 0 Å². The van der Waals surface area contributed by atoms with E-state index in [1.54, 1.807) is 37.4 Å². The molecule has 3 aromatic rings. The Hall–Kier alpha value is -2.80. The molecule has 3 nitrogen and oxygen atoms in total. The van der Waals surface area contributed by atoms with Gasteiger partial charge in [-0.2, -0.15) is 13.2 Å². The molecule has 0 aliphatic rings. The van der Waals surface area contributed by atoms with Crippen molar-refractivity contribution in [3.05, 3.63) is 76.7 Å². The molecule has 27 heavy (non-hydrogen) atoms. The lowest BCUT2D eigenvalue weighted by Crippen LogP contribution is -2.21. The Morgan fingerprint density at radius 2 is 1.81 bits per heavy atom. The summed E-state index contributed by atoms with van der Waals surface area (Å²) in [4.78, 5) is 13.4. The van der Waals surface area contributed by atoms with E-state index in [-0.39, 0.29) is 5.91 Å². The number of hydrogen-bond acceptors (Lipinski definition) is 3. The molecular weight excluding hydrogens is 375 g/mol. The van der Waals surface area contributed by atoms with E-state index in [0.29, 0.717) is 21.9 Å². The SMILES string of the molecule is COc1ccc(CNC(=O)c2ccc(-c3cccc(C(F)(F)F)c3)s2)cc1. The number of ether oxygens (including phenoxy) is 1. The van der Waals surface area contributed by atoms with E-state index in [0.717, 1.165) is 34.8 Å². The summed E-state index contributed by atoms with van der Waals surface area (Å²) in [6, 6.07) is 15.7. The van der Waals surface area contributed by atoms with Crippen molar-refractivity contribution in [1.82, 2.24) is 5.32 Å². The summed E-state index contributed by atoms with van der Waals surface area (Å²) in [5.41, 5.74) is 0.641. The Morgan fingerprint density at radius 3 is 2.48 bits per heavy atom. The van der Waals surface area contributed by atoms with Crippen LogP contribution in [0.5, 0.6) is 5.75 Å². The lowest BCUT2D eigenvalue weighted by molar-refractivity contribution is -0.137. The molecule has 0 spiro atoms. The minimum Gasteiger partial charge on any atom is -0.497 e. The Balaban J connectivity index is 1.68. The van der Waals surface area contributed by atoms with Crippen LogP contribution in [0.4, 0.5) is 13.2 Å². The van der Waals surface area contributed by atoms with Crippen LogP contribution >= 0.6 is 11.3 Å². The van der Waals surface area contributed by atoms with Gasteiger partial charge in [-0.3, -0.25) is 4.79 Å². The number of halogens is 3. The molecule has 0 aliphatic carbocycles. The summed E-state index contributed by atoms with van der Waals surface area (Å²) >= 11 is 1.16. The van der Waals surface area contributed by atoms with Crippen LogP contribution in [-0.4, -0.2) is 13.0 Å². The van der Waals surface area contributed by atoms with E-state index in [2.05, 4.69) is 5.32 Å². The fourth-order valence-corrected chi connectivity index (χ4v) is 3.40. The van der Waals surface area contributed by atoms with Gasteiger partial charge in [0.05, 0.1) is 17.6 Å². The second kappa shape index (κ2) is 7.84. The standard InChI is InChI=1S/C20H16F3NO2S/c1-26-16-7-5-13(6-8-16)12-24-19(25)18-10-9-17(27-18)14-3-2-4-15(11-14)20(21,22)23/h2-11H,12H2,1H3,(H,24,25). The maximum atomic E-state index is 12.9. The maximum Gasteiger partial charge on any atom is 0.416 e. The highest BCUT2D eigenvalue weighted by molar-refractivity contribution is 7.17. The number of methoxy groups -OCH3 is 1. The maximum absolute atomic E-state index is 12.9. The van der Waals surface area contributed by atoms with E-state index < -0.39 is 11.7 Å². The average Bonchev–Trinajstić information content (AvgIpc) is 3.16. The molecule has 1 heterocycles. The summed E-state index contributed by atoms with van der Waals surface area (Å²) < 4.78 is 43.7. The number of carbonyl (C=O) groups is 1. The van der Waals surface area contributed by atoms with Crippen LogP contribution in [0.3, 0.4) is 0 Å². The van der Waals surface area contributed by atoms with Crippen LogP contribution in [0.25, 0.3) is 10.4 Å². The molecule has 0 bridgehead atoms. The van der Waals surface area contributed by atoms with Crippen molar-refractivity contribution in [2.75, 3.05) is 7.11 Å². The summed E-state index contributed by atoms with van der Waals surface area (Å²) in [5, 5.41) is 2.80. The molecule has 1 aromatic heterocycles. The van der Waals surface area contributed by atoms with E-state index >= 15 is 0 Å². The molecule has 0 atom stereocenters. The predicted molar refractivity (Wildman–Crippen MR) is 98.9 cm³/mol. The highest BCUT2D eigenvalue weighted by Gasteiger charge is 2.30. The zero-order valence-corrected chi connectivity index (χ0v) is 15.2. The molecule has 1 N–H and O–H groups in total. The van der Waals surface area contributed by atoms with Gasteiger partial charge in [0.15, 0.2) is 0 Å². The molecule has 2 aromatic carbocycles. The van der Waals surface area contributed by atoms with Gasteiger partial charge in [-0.05, 0) is 47.5 Å². The number of carbonyl (C=O) groups excluding carboxylic acids is 1. The monoisotopic (exact) mass is 391 g/mol. The molecule has 7 heteroatoms. The van der Waals surface area contributed by atoms with Gasteiger partial charge in [-0.15, -0.1) is 11.3 Å². The molecule has 0 radical (unpaired) electrons. The highest BCUT2D eigenvalue weighted by atomic mass is 32.1. The van der Waals surface area contributed by atoms with Crippen LogP contribution in [0.15, 0.2) is 60.7 Å². The lowest BCUT2D eigenvalue weighted by Gasteiger charge is -2.07. The zero-order chi connectivity index (χ0) is 19.4. The molecule has 0 aliphatic heterocycles. The second-order valence-electron chi connectivity index (χ2n) is 5.77. The van der Waals surface area contributed by atoms with Gasteiger partial charge in [0.1, 0.15) is 5.75 Å². The van der Waals surface area contributed by atoms with Crippen molar-refractivity contribution >= 4 is 17.2 Å². The first-order chi connectivity index (χ1) is 12.9. The van der Waals surface area contributed by atoms with Gasteiger partial charge >= 0.3 is 6.18 Å². The number of alkyl halides is 3. The third-order valence-electron chi connectivity index (χ3n) is 3.92. The lowest BCUT2D eigenvalue weighted by atomic mass is 10.1. The Morgan fingerprint density at radius 1 is 1.07 bits per heavy atom. The summed E-state index contributed by atoms with van der Waals surface area (Å²) in [7, 11) is 1.58. The molecular formula is C20H16F3NO2S. The Kier molecular flexibility index (Phi) is 5.51. The number of rotatable bonds is 5. The van der Waals surface area contributed by atoms with E-state index in [4.69, 9.17) is 4.74 Å². The van der Waals surface area contributed by atoms with Gasteiger partial charge < -0.3 is 10.1 Å². The van der Waals surface area contributed by atoms with E-state index in [1.807, 2.05) is 12.1 Å². The van der Waals surface area contributed by atoms with Crippen molar-refractivity contribution in [1.29, 1.82) is 0 Å². The first-order valence-corrected chi connectivity index (χ1v) is 8.87. The Bertz CT molecular complexity index is 933. The number of hydrogen-bond donors (Lipinski definition) is 1. The first-order valence-electron chi connectivity index (χ1n) is 8.05. The predicted octanol–water partition coefficient (Wildman–Crippen LogP) is 5.37. The molecule has 1 amide bonds. The minimum atomic E-state index is -4.40. The fraction of sp³-hybridized carbons (Fsp3) is 0.150. The minimum absolute atomic E-state index is 0.269. The molecule has 0 unspecified atom stereocenters. The van der Waals surface area contributed by atoms with Gasteiger partial charge in [0.25, 0.3) is 5.91 Å². The van der Waals surface area contributed by atoms with Crippen LogP contribution in [0.1, 0.15) is 20.8 Å². The normalized spacial score (nSPS) is 11.3. The molecule has 0 saturated heterocycles. The Labute approximate surface area is 158 Å². The van der Waals surface area contributed by atoms with Gasteiger partial charge in [-0.1, -0.05) is 24.3 Å². The summed E-state index contributed by atoms with van der Waals surface area (Å²) in [6.07, 6.45) is -4.40. The molecule has 0 fully saturated rings. The van der Waals surface area contributed by atoms with Gasteiger partial charge in [0, 0.05) is 11.4 Å². The smallest absolute Gasteiger partial charge is 0.416 e. The number of nitrogens with one attached hydrogen (secondary N) is 1. The molecule has 0 saturated carbocycles. The van der Waals surface area contributed by atoms with E-state index in [9.17, 15) is 18.0 Å². The number of benzene rings is 2. The van der Waals surface area contributed by atoms with Crippen molar-refractivity contribution in [2.45, 2.75) is 12.7 Å². The van der Waals surface area contributed by atoms with Gasteiger partial charge in [0.2, 0.25) is 0 Å². The zero-order valence-electron chi connectivity index (χ0n) is 14.3. The quantitative estimate of drug-likeness (QED) is 0.635. The first kappa shape index (κ1) is 19.0. The van der Waals surface area contributed by atoms with Crippen molar-refractivity contribution in [2.24, 2.45) is 0 Å². The second-order valence-corrected chi connectivity index (χ2v) is 6.86. The molecule has 140 valence electrons. The van der Waals surface area contributed by atoms with E-state index in [1.165, 1.54) is 6.07 Å². The third-order valence-corrected chi connectivity index (χ3v) is 5.05. The fourth-order valence-electron chi connectivity index (χ4n) is 2.48. The topological polar surface area (TPSA) is 38.3 Å². The third kappa shape index (κ3) is 4.68. The number of amides is 1. The largest absolute Gasteiger partial charge is 0.497 e. The van der Waals surface area contributed by atoms with Crippen LogP contribution in [0, 0.1) is 0 Å². The summed E-state index contributed by atoms with van der Waals surface area (Å²) in [5.74, 6) is 0.461. The summed E-state index contributed by atoms with van der Waals surface area (Å²) in [6.45, 7) is 0.347. The number of thiophene rings is 1. The van der Waals surface area contributed by atoms with Crippen LogP contribution in [0.2, 0.25) is 0 Å². The highest BCUT2D eigenvalue weighted by Crippen LogP contribution is 2.34. The van der Waals surface area contributed by atoms with Crippen LogP contribution in [-0.2, 0) is 12.7 Å². The van der Waals surface area contributed by atoms with Crippen LogP contribution < -0.4 is 10.1 Å². The van der Waals surface area contributed by atoms with Crippen molar-refractivity contribution < 1.29 is 22.7 Å². The van der Waals surface area contributed by atoms with Crippen molar-refractivity contribution in [3.8, 4) is 16.2 Å². The average molecular weight is 391 g/mol. The molecule has 3 rings (SSSR count).